The first kappa shape index (κ1) is 95.6. The quantitative estimate of drug-likeness (QED) is 0.00693. The van der Waals surface area contributed by atoms with Crippen LogP contribution in [0.1, 0.15) is 118 Å². The fourth-order valence-corrected chi connectivity index (χ4v) is 25.6. The molecular formula is C84H110N8O18S4Si2. The molecule has 0 saturated carbocycles. The lowest BCUT2D eigenvalue weighted by Gasteiger charge is -2.44. The minimum absolute atomic E-state index is 0.0969. The Morgan fingerprint density at radius 2 is 0.655 bits per heavy atom. The van der Waals surface area contributed by atoms with Crippen LogP contribution in [-0.4, -0.2) is 220 Å². The summed E-state index contributed by atoms with van der Waals surface area (Å²) in [6.07, 6.45) is -1.98. The normalized spacial score (nSPS) is 13.4. The first-order valence-corrected chi connectivity index (χ1v) is 46.2. The molecule has 0 saturated heterocycles. The number of hydrogen-bond donors (Lipinski definition) is 6. The number of hydrogen-bond acceptors (Lipinski definition) is 22. The summed E-state index contributed by atoms with van der Waals surface area (Å²) in [5.41, 5.74) is -1.34. The Kier molecular flexibility index (Phi) is 37.0. The molecule has 6 atom stereocenters. The number of carbonyl (C=O) groups is 12. The molecule has 6 N–H and O–H groups in total. The number of nitrogens with one attached hydrogen (secondary N) is 6. The number of rotatable bonds is 39. The molecule has 0 fully saturated rings. The molecule has 0 unspecified atom stereocenters. The Labute approximate surface area is 699 Å². The minimum Gasteiger partial charge on any atom is -0.464 e. The van der Waals surface area contributed by atoms with Crippen molar-refractivity contribution in [2.24, 2.45) is 0 Å². The minimum atomic E-state index is -3.44. The van der Waals surface area contributed by atoms with Crippen LogP contribution in [0, 0.1) is 0 Å². The summed E-state index contributed by atoms with van der Waals surface area (Å²) >= 11 is 1.48. The van der Waals surface area contributed by atoms with Crippen LogP contribution in [0.4, 0.5) is 9.59 Å². The highest BCUT2D eigenvalue weighted by atomic mass is 33.1. The van der Waals surface area contributed by atoms with E-state index in [0.29, 0.717) is 11.1 Å². The highest BCUT2D eigenvalue weighted by molar-refractivity contribution is 8.76. The third kappa shape index (κ3) is 28.2. The number of alkyl carbamates (subject to hydrolysis) is 2. The van der Waals surface area contributed by atoms with E-state index in [1.807, 2.05) is 163 Å². The van der Waals surface area contributed by atoms with Gasteiger partial charge in [0.05, 0.1) is 39.5 Å². The summed E-state index contributed by atoms with van der Waals surface area (Å²) < 4.78 is 36.7. The lowest BCUT2D eigenvalue weighted by Crippen LogP contribution is -2.68. The van der Waals surface area contributed by atoms with Crippen LogP contribution < -0.4 is 52.6 Å². The maximum absolute atomic E-state index is 15.6. The molecule has 0 heterocycles. The Morgan fingerprint density at radius 3 is 0.914 bits per heavy atom. The number of esters is 2. The molecule has 0 aliphatic heterocycles. The Bertz CT molecular complexity index is 3910. The SMILES string of the molecule is CCOC(=O)[C@H](CO[Si](c1ccccc1)(c1ccccc1)C(C)(C)C)N(C)C(=O)[C@H](CSSC[C@H](NC(=O)CNC(=O)[C@H](CSC(=O)c1ccccc1)NC(=O)OC(C)(C)C)C(=O)N(C)[C@@H](CO[Si](c1ccccc1)(c1ccccc1)C(C)(C)C)C(=O)OCC)NC(=O)CNC(=O)[C@H](CSC(=O)c1ccccc1)NC(=O)OC(C)(C)C. The molecule has 0 aromatic heterocycles. The van der Waals surface area contributed by atoms with Gasteiger partial charge in [0.25, 0.3) is 16.6 Å². The number of benzene rings is 6. The van der Waals surface area contributed by atoms with Gasteiger partial charge in [0, 0.05) is 48.2 Å². The van der Waals surface area contributed by atoms with Crippen LogP contribution in [-0.2, 0) is 66.2 Å². The number of thioether (sulfide) groups is 2. The monoisotopic (exact) mass is 1700 g/mol. The number of likely N-dealkylation sites (N-methyl/N-ethyl adjacent to an activating group) is 2. The first-order chi connectivity index (χ1) is 54.8. The highest BCUT2D eigenvalue weighted by Crippen LogP contribution is 2.39. The summed E-state index contributed by atoms with van der Waals surface area (Å²) in [5.74, 6) is -8.35. The standard InChI is InChI=1S/C84H110N8O18S4Si2/c1-17-105-75(99)67(51-107-115(83(9,10)11,59-41-29-21-30-42-59)60-43-31-22-32-44-60)91(15)73(97)65(87-69(93)49-85-71(95)63(89-79(103)109-81(3,4)5)53-111-77(101)57-37-25-19-26-38-57)55-113-114-56-66(88-70(94)50-86-72(96)64(90-80(104)110-82(6,7)8)54-112-78(102)58-39-27-20-28-40-58)74(98)92(16)68(76(100)106-18-2)52-108-116(84(12,13)14,61-45-33-23-34-46-61)62-47-35-24-36-48-62/h19-48,63-68H,17-18,49-56H2,1-16H3,(H,85,95)(H,86,96)(H,87,93)(H,88,94)(H,89,103)(H,90,104)/t63-,64-,65-,66-,67-,68-/m0/s1. The molecular weight excluding hydrogens is 1590 g/mol. The van der Waals surface area contributed by atoms with Gasteiger partial charge in [0.2, 0.25) is 45.7 Å². The fraction of sp³-hybridized carbons (Fsp3) is 0.429. The van der Waals surface area contributed by atoms with Crippen molar-refractivity contribution in [2.75, 3.05) is 76.6 Å². The summed E-state index contributed by atoms with van der Waals surface area (Å²) in [6.45, 7) is 22.6. The van der Waals surface area contributed by atoms with E-state index in [-0.39, 0.29) is 36.2 Å². The largest absolute Gasteiger partial charge is 0.464 e. The Balaban J connectivity index is 1.39. The van der Waals surface area contributed by atoms with E-state index in [9.17, 15) is 47.9 Å². The molecule has 0 spiro atoms. The summed E-state index contributed by atoms with van der Waals surface area (Å²) in [6, 6.07) is 45.9. The highest BCUT2D eigenvalue weighted by Gasteiger charge is 2.53. The first-order valence-electron chi connectivity index (χ1n) is 38.0. The van der Waals surface area contributed by atoms with E-state index in [1.54, 1.807) is 116 Å². The van der Waals surface area contributed by atoms with Crippen molar-refractivity contribution < 1.29 is 85.3 Å². The second kappa shape index (κ2) is 44.9. The molecule has 0 aliphatic rings. The van der Waals surface area contributed by atoms with E-state index in [0.717, 1.165) is 75.7 Å². The fourth-order valence-electron chi connectivity index (χ4n) is 12.4. The van der Waals surface area contributed by atoms with Crippen molar-refractivity contribution in [1.82, 2.24) is 41.7 Å². The molecule has 32 heteroatoms. The number of ether oxygens (including phenoxy) is 4. The Hall–Kier alpha value is -9.29. The molecule has 0 bridgehead atoms. The molecule has 6 aromatic carbocycles. The summed E-state index contributed by atoms with van der Waals surface area (Å²) in [5, 5.41) is 16.9. The van der Waals surface area contributed by atoms with Crippen molar-refractivity contribution in [3.8, 4) is 0 Å². The van der Waals surface area contributed by atoms with Gasteiger partial charge in [-0.2, -0.15) is 0 Å². The van der Waals surface area contributed by atoms with Gasteiger partial charge >= 0.3 is 24.1 Å². The van der Waals surface area contributed by atoms with Crippen molar-refractivity contribution in [1.29, 1.82) is 0 Å². The van der Waals surface area contributed by atoms with Crippen LogP contribution in [0.5, 0.6) is 0 Å². The van der Waals surface area contributed by atoms with E-state index >= 15 is 9.59 Å². The van der Waals surface area contributed by atoms with Gasteiger partial charge in [0.15, 0.2) is 12.1 Å². The lowest BCUT2D eigenvalue weighted by molar-refractivity contribution is -0.156. The average molecular weight is 1700 g/mol. The van der Waals surface area contributed by atoms with E-state index in [1.165, 1.54) is 14.1 Å². The Morgan fingerprint density at radius 1 is 0.379 bits per heavy atom. The average Bonchev–Trinajstić information content (AvgIpc) is 0.750. The third-order valence-corrected chi connectivity index (χ3v) is 32.4. The van der Waals surface area contributed by atoms with Gasteiger partial charge in [-0.05, 0) is 86.2 Å². The molecule has 626 valence electrons. The number of amides is 8. The maximum atomic E-state index is 15.6. The van der Waals surface area contributed by atoms with Gasteiger partial charge in [-0.15, -0.1) is 0 Å². The topological polar surface area (TPSA) is 339 Å². The van der Waals surface area contributed by atoms with Crippen LogP contribution in [0.15, 0.2) is 182 Å². The second-order valence-corrected chi connectivity index (χ2v) is 44.1. The zero-order valence-electron chi connectivity index (χ0n) is 68.7. The van der Waals surface area contributed by atoms with Crippen LogP contribution in [0.2, 0.25) is 10.1 Å². The molecule has 6 aromatic rings. The van der Waals surface area contributed by atoms with E-state index in [4.69, 9.17) is 27.8 Å². The molecule has 26 nitrogen and oxygen atoms in total. The molecule has 116 heavy (non-hydrogen) atoms. The van der Waals surface area contributed by atoms with Gasteiger partial charge in [0.1, 0.15) is 35.4 Å². The van der Waals surface area contributed by atoms with E-state index < -0.39 is 170 Å². The molecule has 0 aliphatic carbocycles. The zero-order chi connectivity index (χ0) is 85.6. The molecule has 8 amide bonds. The number of nitrogens with zero attached hydrogens (tertiary/aromatic N) is 2. The van der Waals surface area contributed by atoms with Gasteiger partial charge in [-0.1, -0.05) is 269 Å². The second-order valence-electron chi connectivity index (χ2n) is 31.0. The predicted molar refractivity (Wildman–Crippen MR) is 461 cm³/mol. The van der Waals surface area contributed by atoms with Gasteiger partial charge in [-0.25, -0.2) is 19.2 Å². The van der Waals surface area contributed by atoms with Crippen molar-refractivity contribution in [2.45, 2.75) is 154 Å². The third-order valence-electron chi connectivity index (χ3n) is 18.0. The number of carbonyl (C=O) groups excluding carboxylic acids is 12. The van der Waals surface area contributed by atoms with Gasteiger partial charge < -0.3 is 69.5 Å². The van der Waals surface area contributed by atoms with E-state index in [2.05, 4.69) is 31.9 Å². The van der Waals surface area contributed by atoms with Gasteiger partial charge in [-0.3, -0.25) is 38.4 Å². The van der Waals surface area contributed by atoms with Crippen LogP contribution in [0.25, 0.3) is 0 Å². The molecule has 6 rings (SSSR count). The molecule has 0 radical (unpaired) electrons. The van der Waals surface area contributed by atoms with Crippen molar-refractivity contribution in [3.63, 3.8) is 0 Å². The smallest absolute Gasteiger partial charge is 0.408 e. The van der Waals surface area contributed by atoms with Crippen molar-refractivity contribution in [3.05, 3.63) is 193 Å². The van der Waals surface area contributed by atoms with Crippen LogP contribution >= 0.6 is 45.1 Å². The lowest BCUT2D eigenvalue weighted by atomic mass is 10.2. The zero-order valence-corrected chi connectivity index (χ0v) is 74.0. The van der Waals surface area contributed by atoms with Crippen molar-refractivity contribution >= 4 is 152 Å². The maximum Gasteiger partial charge on any atom is 0.408 e. The van der Waals surface area contributed by atoms with Crippen LogP contribution in [0.3, 0.4) is 0 Å². The predicted octanol–water partition coefficient (Wildman–Crippen LogP) is 8.44. The summed E-state index contributed by atoms with van der Waals surface area (Å²) in [7, 11) is -2.28. The summed E-state index contributed by atoms with van der Waals surface area (Å²) in [4.78, 5) is 173.